The molecule has 4 aliphatic rings. The first-order valence-electron chi connectivity index (χ1n) is 26.4. The van der Waals surface area contributed by atoms with Crippen LogP contribution in [-0.2, 0) is 39.9 Å². The van der Waals surface area contributed by atoms with Crippen LogP contribution in [0, 0.1) is 0 Å². The van der Waals surface area contributed by atoms with Gasteiger partial charge in [0.25, 0.3) is 0 Å². The van der Waals surface area contributed by atoms with Crippen LogP contribution >= 0.6 is 35.0 Å². The topological polar surface area (TPSA) is 259 Å². The fraction of sp³-hybridized carbons (Fsp3) is 0.577. The number of halogens is 2. The summed E-state index contributed by atoms with van der Waals surface area (Å²) in [6, 6.07) is 7.03. The number of hydrogen-bond acceptors (Lipinski definition) is 16. The average Bonchev–Trinajstić information content (AvgIpc) is 4.10. The van der Waals surface area contributed by atoms with Crippen molar-refractivity contribution in [2.24, 2.45) is 0 Å². The van der Waals surface area contributed by atoms with Gasteiger partial charge in [-0.3, -0.25) is 29.0 Å². The molecule has 6 N–H and O–H groups in total. The second-order valence-electron chi connectivity index (χ2n) is 19.1. The van der Waals surface area contributed by atoms with Crippen molar-refractivity contribution >= 4 is 105 Å². The fourth-order valence-electron chi connectivity index (χ4n) is 9.47. The van der Waals surface area contributed by atoms with Gasteiger partial charge in [-0.2, -0.15) is 16.7 Å². The van der Waals surface area contributed by atoms with Gasteiger partial charge in [0.1, 0.15) is 27.4 Å². The number of hydrogen-bond donors (Lipinski definition) is 6. The molecule has 0 aliphatic carbocycles. The number of benzene rings is 2. The highest BCUT2D eigenvalue weighted by Crippen LogP contribution is 2.48. The lowest BCUT2D eigenvalue weighted by molar-refractivity contribution is -0.131. The summed E-state index contributed by atoms with van der Waals surface area (Å²) in [7, 11) is 4.49. The van der Waals surface area contributed by atoms with E-state index in [0.717, 1.165) is 37.1 Å². The van der Waals surface area contributed by atoms with Crippen LogP contribution in [0.25, 0.3) is 0 Å². The summed E-state index contributed by atoms with van der Waals surface area (Å²) in [5.41, 5.74) is 2.71. The highest BCUT2D eigenvalue weighted by Gasteiger charge is 2.42. The molecule has 1 aromatic heterocycles. The van der Waals surface area contributed by atoms with Gasteiger partial charge in [0.2, 0.25) is 29.6 Å². The highest BCUT2D eigenvalue weighted by molar-refractivity contribution is 8.00. The van der Waals surface area contributed by atoms with Crippen LogP contribution in [0.4, 0.5) is 44.1 Å². The first kappa shape index (κ1) is 59.6. The number of fused-ring (bicyclic) bond motifs is 2. The molecule has 426 valence electrons. The number of nitrogens with zero attached hydrogens (tertiary/aromatic N) is 6. The molecule has 3 atom stereocenters. The number of carbonyl (C=O) groups excluding carboxylic acids is 6. The van der Waals surface area contributed by atoms with E-state index in [2.05, 4.69) is 46.8 Å². The van der Waals surface area contributed by atoms with Gasteiger partial charge in [-0.05, 0) is 50.3 Å². The Morgan fingerprint density at radius 2 is 1.42 bits per heavy atom. The van der Waals surface area contributed by atoms with Crippen LogP contribution in [0.5, 0.6) is 11.5 Å². The van der Waals surface area contributed by atoms with Gasteiger partial charge in [-0.25, -0.2) is 14.6 Å². The molecule has 3 aromatic rings. The van der Waals surface area contributed by atoms with Gasteiger partial charge in [0.05, 0.1) is 76.3 Å². The van der Waals surface area contributed by atoms with Crippen molar-refractivity contribution in [1.29, 1.82) is 0 Å². The lowest BCUT2D eigenvalue weighted by Crippen LogP contribution is -2.48. The van der Waals surface area contributed by atoms with Crippen molar-refractivity contribution in [3.8, 4) is 11.5 Å². The molecular formula is C52H72Cl2N12O11S. The number of amides is 8. The van der Waals surface area contributed by atoms with E-state index in [9.17, 15) is 28.8 Å². The first-order valence-corrected chi connectivity index (χ1v) is 28.2. The number of unbranched alkanes of at least 4 members (excludes halogenated alkanes) is 1. The first-order chi connectivity index (χ1) is 37.7. The maximum absolute atomic E-state index is 13.8. The quantitative estimate of drug-likeness (QED) is 0.0346. The molecule has 0 radical (unpaired) electrons. The molecule has 4 aliphatic heterocycles. The molecule has 26 heteroatoms. The molecule has 7 rings (SSSR count). The van der Waals surface area contributed by atoms with E-state index < -0.39 is 6.03 Å². The van der Waals surface area contributed by atoms with Gasteiger partial charge in [0, 0.05) is 120 Å². The Morgan fingerprint density at radius 3 is 2.06 bits per heavy atom. The normalized spacial score (nSPS) is 17.7. The SMILES string of the molecule is COc1cc(OC)c(Cl)c(N2Cc3cnc(Nc4ccc(N5CCN(C(=O)CCCC(=O)NCCCOCCOCCOCCCNC(=O)CCCC[C@@H]6SC[C@@H]7NC(=O)N[C@@H]76)CC5)cc4NC(C)=O)nc3N(C)C2=O)c1Cl. The molecular weight excluding hydrogens is 1070 g/mol. The van der Waals surface area contributed by atoms with Crippen molar-refractivity contribution < 1.29 is 52.5 Å². The van der Waals surface area contributed by atoms with E-state index in [-0.39, 0.29) is 94.3 Å². The zero-order valence-corrected chi connectivity index (χ0v) is 47.0. The van der Waals surface area contributed by atoms with Gasteiger partial charge >= 0.3 is 12.1 Å². The van der Waals surface area contributed by atoms with E-state index in [4.69, 9.17) is 46.9 Å². The Kier molecular flexibility index (Phi) is 22.8. The van der Waals surface area contributed by atoms with Crippen LogP contribution in [0.1, 0.15) is 70.3 Å². The lowest BCUT2D eigenvalue weighted by atomic mass is 10.0. The van der Waals surface area contributed by atoms with Crippen LogP contribution in [-0.4, -0.2) is 174 Å². The third-order valence-electron chi connectivity index (χ3n) is 13.6. The summed E-state index contributed by atoms with van der Waals surface area (Å²) in [6.45, 7) is 7.46. The standard InChI is InChI=1S/C52H72Cl2N12O11S/c1-33(67)58-37-28-35(14-15-36(37)59-50-57-30-34-31-66(52(72)63(2)49(34)62-50)48-45(53)39(73-3)29-40(74-4)46(48)54)64-18-20-65(21-19-64)44(70)13-7-12-43(69)56-17-9-23-76-25-27-77-26-24-75-22-8-16-55-42(68)11-6-5-10-41-47-38(32-78-41)60-51(71)61-47/h14-15,28-30,38,41,47H,5-13,16-27,31-32H2,1-4H3,(H,55,68)(H,56,69)(H,58,67)(H,57,59,62)(H2,60,61,71)/t38-,41-,47-/m0/s1. The molecule has 0 unspecified atom stereocenters. The predicted molar refractivity (Wildman–Crippen MR) is 300 cm³/mol. The molecule has 0 saturated carbocycles. The second kappa shape index (κ2) is 29.8. The highest BCUT2D eigenvalue weighted by atomic mass is 35.5. The van der Waals surface area contributed by atoms with E-state index in [1.807, 2.05) is 34.9 Å². The molecule has 5 heterocycles. The number of rotatable bonds is 30. The summed E-state index contributed by atoms with van der Waals surface area (Å²) in [6.07, 6.45) is 7.24. The van der Waals surface area contributed by atoms with Crippen LogP contribution in [0.2, 0.25) is 10.0 Å². The Morgan fingerprint density at radius 1 is 0.782 bits per heavy atom. The number of piperazine rings is 1. The number of methoxy groups -OCH3 is 2. The maximum atomic E-state index is 13.8. The molecule has 0 spiro atoms. The largest absolute Gasteiger partial charge is 0.495 e. The monoisotopic (exact) mass is 1140 g/mol. The molecule has 23 nitrogen and oxygen atoms in total. The number of anilines is 6. The predicted octanol–water partition coefficient (Wildman–Crippen LogP) is 5.69. The summed E-state index contributed by atoms with van der Waals surface area (Å²) >= 11 is 15.2. The minimum Gasteiger partial charge on any atom is -0.495 e. The van der Waals surface area contributed by atoms with Crippen LogP contribution in [0.3, 0.4) is 0 Å². The van der Waals surface area contributed by atoms with Crippen molar-refractivity contribution in [3.63, 3.8) is 0 Å². The van der Waals surface area contributed by atoms with Crippen molar-refractivity contribution in [1.82, 2.24) is 36.1 Å². The number of ether oxygens (including phenoxy) is 5. The third-order valence-corrected chi connectivity index (χ3v) is 15.8. The molecule has 8 amide bonds. The summed E-state index contributed by atoms with van der Waals surface area (Å²) in [5.74, 6) is 1.74. The summed E-state index contributed by atoms with van der Waals surface area (Å²) < 4.78 is 27.6. The van der Waals surface area contributed by atoms with Gasteiger partial charge in [0.15, 0.2) is 0 Å². The Labute approximate surface area is 469 Å². The minimum absolute atomic E-state index is 0.00166. The Hall–Kier alpha value is -6.05. The van der Waals surface area contributed by atoms with Crippen molar-refractivity contribution in [2.75, 3.05) is 131 Å². The average molecular weight is 1140 g/mol. The summed E-state index contributed by atoms with van der Waals surface area (Å²) in [5, 5.41) is 18.6. The van der Waals surface area contributed by atoms with Crippen LogP contribution in [0.15, 0.2) is 30.5 Å². The Balaban J connectivity index is 0.710. The smallest absolute Gasteiger partial charge is 0.330 e. The zero-order chi connectivity index (χ0) is 55.6. The van der Waals surface area contributed by atoms with Crippen LogP contribution < -0.4 is 56.1 Å². The van der Waals surface area contributed by atoms with Crippen molar-refractivity contribution in [2.45, 2.75) is 88.6 Å². The van der Waals surface area contributed by atoms with E-state index in [0.29, 0.717) is 126 Å². The number of urea groups is 2. The molecule has 78 heavy (non-hydrogen) atoms. The van der Waals surface area contributed by atoms with Crippen molar-refractivity contribution in [3.05, 3.63) is 46.1 Å². The maximum Gasteiger partial charge on any atom is 0.330 e. The fourth-order valence-corrected chi connectivity index (χ4v) is 11.7. The van der Waals surface area contributed by atoms with E-state index in [1.165, 1.54) is 30.9 Å². The molecule has 0 bridgehead atoms. The lowest BCUT2D eigenvalue weighted by Gasteiger charge is -2.36. The number of carbonyl (C=O) groups is 6. The number of aromatic nitrogens is 2. The second-order valence-corrected chi connectivity index (χ2v) is 21.1. The van der Waals surface area contributed by atoms with Gasteiger partial charge < -0.3 is 65.4 Å². The Bertz CT molecular complexity index is 2550. The van der Waals surface area contributed by atoms with E-state index >= 15 is 0 Å². The molecule has 3 fully saturated rings. The van der Waals surface area contributed by atoms with Gasteiger partial charge in [-0.1, -0.05) is 29.6 Å². The van der Waals surface area contributed by atoms with Gasteiger partial charge in [-0.15, -0.1) is 0 Å². The number of nitrogens with one attached hydrogen (secondary N) is 6. The summed E-state index contributed by atoms with van der Waals surface area (Å²) in [4.78, 5) is 91.3. The zero-order valence-electron chi connectivity index (χ0n) is 44.7. The molecule has 2 aromatic carbocycles. The number of thioether (sulfide) groups is 1. The molecule has 3 saturated heterocycles. The van der Waals surface area contributed by atoms with E-state index in [1.54, 1.807) is 19.3 Å². The third kappa shape index (κ3) is 16.5. The minimum atomic E-state index is -0.447.